The predicted octanol–water partition coefficient (Wildman–Crippen LogP) is 1.31. The molecule has 1 aromatic carbocycles. The Balaban J connectivity index is 1.67. The van der Waals surface area contributed by atoms with Crippen LogP contribution in [0.25, 0.3) is 0 Å². The van der Waals surface area contributed by atoms with Gasteiger partial charge in [-0.05, 0) is 36.4 Å². The Hall–Kier alpha value is -3.42. The highest BCUT2D eigenvalue weighted by molar-refractivity contribution is 6.04. The number of anilines is 2. The van der Waals surface area contributed by atoms with Gasteiger partial charge in [0.15, 0.2) is 0 Å². The standard InChI is InChI=1S/C20H23N5O3/c1-23(2)16-8-6-15(7-9-16)21-19(27)17-4-3-5-18(22-17)20(28)25-12-10-24(14-26)11-13-25/h3-9,14H,10-13H2,1-2H3,(H,21,27). The molecule has 1 fully saturated rings. The molecule has 0 unspecified atom stereocenters. The van der Waals surface area contributed by atoms with Crippen LogP contribution in [0.15, 0.2) is 42.5 Å². The minimum absolute atomic E-state index is 0.175. The maximum absolute atomic E-state index is 12.6. The number of aromatic nitrogens is 1. The number of piperazine rings is 1. The summed E-state index contributed by atoms with van der Waals surface area (Å²) in [5.74, 6) is -0.617. The van der Waals surface area contributed by atoms with E-state index in [9.17, 15) is 14.4 Å². The van der Waals surface area contributed by atoms with Gasteiger partial charge in [0.05, 0.1) is 0 Å². The molecule has 1 aliphatic rings. The van der Waals surface area contributed by atoms with E-state index < -0.39 is 0 Å². The fraction of sp³-hybridized carbons (Fsp3) is 0.300. The molecule has 1 aliphatic heterocycles. The molecular weight excluding hydrogens is 358 g/mol. The third-order valence-corrected chi connectivity index (χ3v) is 4.59. The normalized spacial score (nSPS) is 13.8. The fourth-order valence-corrected chi connectivity index (χ4v) is 2.91. The molecule has 0 spiro atoms. The summed E-state index contributed by atoms with van der Waals surface area (Å²) < 4.78 is 0. The molecule has 1 N–H and O–H groups in total. The first-order valence-electron chi connectivity index (χ1n) is 9.02. The SMILES string of the molecule is CN(C)c1ccc(NC(=O)c2cccc(C(=O)N3CCN(C=O)CC3)n2)cc1. The van der Waals surface area contributed by atoms with Crippen molar-refractivity contribution in [3.8, 4) is 0 Å². The summed E-state index contributed by atoms with van der Waals surface area (Å²) in [7, 11) is 3.89. The number of hydrogen-bond acceptors (Lipinski definition) is 5. The topological polar surface area (TPSA) is 85.9 Å². The van der Waals surface area contributed by atoms with Crippen LogP contribution in [0.3, 0.4) is 0 Å². The second-order valence-corrected chi connectivity index (χ2v) is 6.74. The third-order valence-electron chi connectivity index (χ3n) is 4.59. The van der Waals surface area contributed by atoms with Crippen LogP contribution in [-0.2, 0) is 4.79 Å². The number of hydrogen-bond donors (Lipinski definition) is 1. The van der Waals surface area contributed by atoms with E-state index in [0.29, 0.717) is 31.9 Å². The zero-order valence-electron chi connectivity index (χ0n) is 16.0. The van der Waals surface area contributed by atoms with Crippen molar-refractivity contribution >= 4 is 29.6 Å². The molecule has 1 saturated heterocycles. The van der Waals surface area contributed by atoms with Crippen LogP contribution in [0.4, 0.5) is 11.4 Å². The number of pyridine rings is 1. The van der Waals surface area contributed by atoms with Crippen molar-refractivity contribution in [1.29, 1.82) is 0 Å². The number of amides is 3. The Morgan fingerprint density at radius 1 is 1.00 bits per heavy atom. The zero-order chi connectivity index (χ0) is 20.1. The van der Waals surface area contributed by atoms with E-state index in [0.717, 1.165) is 12.1 Å². The van der Waals surface area contributed by atoms with E-state index >= 15 is 0 Å². The molecule has 1 aromatic heterocycles. The number of nitrogens with one attached hydrogen (secondary N) is 1. The second-order valence-electron chi connectivity index (χ2n) is 6.74. The Bertz CT molecular complexity index is 858. The van der Waals surface area contributed by atoms with E-state index in [1.807, 2.05) is 43.3 Å². The van der Waals surface area contributed by atoms with Crippen LogP contribution in [0.1, 0.15) is 21.0 Å². The summed E-state index contributed by atoms with van der Waals surface area (Å²) in [6.07, 6.45) is 0.788. The van der Waals surface area contributed by atoms with Gasteiger partial charge in [-0.1, -0.05) is 6.07 Å². The van der Waals surface area contributed by atoms with Gasteiger partial charge in [0.25, 0.3) is 11.8 Å². The Labute approximate surface area is 163 Å². The van der Waals surface area contributed by atoms with Gasteiger partial charge in [0.1, 0.15) is 11.4 Å². The first kappa shape index (κ1) is 19.3. The number of carbonyl (C=O) groups is 3. The second kappa shape index (κ2) is 8.51. The molecule has 0 atom stereocenters. The molecule has 2 aromatic rings. The highest BCUT2D eigenvalue weighted by atomic mass is 16.2. The summed E-state index contributed by atoms with van der Waals surface area (Å²) in [5, 5.41) is 2.79. The van der Waals surface area contributed by atoms with Gasteiger partial charge in [-0.3, -0.25) is 14.4 Å². The molecule has 2 heterocycles. The van der Waals surface area contributed by atoms with Crippen LogP contribution in [0, 0.1) is 0 Å². The van der Waals surface area contributed by atoms with Gasteiger partial charge in [0.2, 0.25) is 6.41 Å². The van der Waals surface area contributed by atoms with Gasteiger partial charge in [-0.2, -0.15) is 0 Å². The number of benzene rings is 1. The van der Waals surface area contributed by atoms with E-state index in [1.165, 1.54) is 0 Å². The Morgan fingerprint density at radius 2 is 1.64 bits per heavy atom. The number of carbonyl (C=O) groups excluding carboxylic acids is 3. The molecular formula is C20H23N5O3. The van der Waals surface area contributed by atoms with Crippen molar-refractivity contribution in [2.45, 2.75) is 0 Å². The lowest BCUT2D eigenvalue weighted by molar-refractivity contribution is -0.119. The largest absolute Gasteiger partial charge is 0.378 e. The summed E-state index contributed by atoms with van der Waals surface area (Å²) in [6.45, 7) is 1.90. The van der Waals surface area contributed by atoms with E-state index in [1.54, 1.807) is 28.0 Å². The lowest BCUT2D eigenvalue weighted by atomic mass is 10.2. The molecule has 0 aliphatic carbocycles. The van der Waals surface area contributed by atoms with Gasteiger partial charge >= 0.3 is 0 Å². The monoisotopic (exact) mass is 381 g/mol. The van der Waals surface area contributed by atoms with Gasteiger partial charge in [-0.15, -0.1) is 0 Å². The maximum atomic E-state index is 12.6. The first-order chi connectivity index (χ1) is 13.5. The number of rotatable bonds is 5. The smallest absolute Gasteiger partial charge is 0.274 e. The molecule has 146 valence electrons. The molecule has 28 heavy (non-hydrogen) atoms. The summed E-state index contributed by atoms with van der Waals surface area (Å²) >= 11 is 0. The average Bonchev–Trinajstić information content (AvgIpc) is 2.73. The summed E-state index contributed by atoms with van der Waals surface area (Å²) in [4.78, 5) is 45.4. The molecule has 3 amide bonds. The predicted molar refractivity (Wildman–Crippen MR) is 106 cm³/mol. The van der Waals surface area contributed by atoms with Crippen molar-refractivity contribution in [1.82, 2.24) is 14.8 Å². The fourth-order valence-electron chi connectivity index (χ4n) is 2.91. The van der Waals surface area contributed by atoms with E-state index in [-0.39, 0.29) is 23.2 Å². The molecule has 8 heteroatoms. The minimum Gasteiger partial charge on any atom is -0.378 e. The summed E-state index contributed by atoms with van der Waals surface area (Å²) in [5.41, 5.74) is 2.07. The molecule has 3 rings (SSSR count). The highest BCUT2D eigenvalue weighted by Gasteiger charge is 2.23. The molecule has 0 bridgehead atoms. The van der Waals surface area contributed by atoms with Gasteiger partial charge < -0.3 is 20.0 Å². The lowest BCUT2D eigenvalue weighted by Crippen LogP contribution is -2.48. The van der Waals surface area contributed by atoms with E-state index in [4.69, 9.17) is 0 Å². The van der Waals surface area contributed by atoms with Crippen LogP contribution < -0.4 is 10.2 Å². The molecule has 0 saturated carbocycles. The average molecular weight is 381 g/mol. The van der Waals surface area contributed by atoms with Gasteiger partial charge in [0, 0.05) is 51.6 Å². The van der Waals surface area contributed by atoms with Crippen LogP contribution >= 0.6 is 0 Å². The van der Waals surface area contributed by atoms with Crippen LogP contribution in [-0.4, -0.2) is 73.3 Å². The number of nitrogens with zero attached hydrogens (tertiary/aromatic N) is 4. The van der Waals surface area contributed by atoms with Crippen LogP contribution in [0.2, 0.25) is 0 Å². The quantitative estimate of drug-likeness (QED) is 0.790. The summed E-state index contributed by atoms with van der Waals surface area (Å²) in [6, 6.07) is 12.3. The molecule has 0 radical (unpaired) electrons. The maximum Gasteiger partial charge on any atom is 0.274 e. The van der Waals surface area contributed by atoms with Crippen molar-refractivity contribution < 1.29 is 14.4 Å². The van der Waals surface area contributed by atoms with Crippen molar-refractivity contribution in [2.24, 2.45) is 0 Å². The zero-order valence-corrected chi connectivity index (χ0v) is 16.0. The Morgan fingerprint density at radius 3 is 2.25 bits per heavy atom. The van der Waals surface area contributed by atoms with Crippen molar-refractivity contribution in [2.75, 3.05) is 50.5 Å². The first-order valence-corrected chi connectivity index (χ1v) is 9.02. The van der Waals surface area contributed by atoms with Crippen molar-refractivity contribution in [3.05, 3.63) is 53.9 Å². The Kier molecular flexibility index (Phi) is 5.88. The molecule has 8 nitrogen and oxygen atoms in total. The van der Waals surface area contributed by atoms with E-state index in [2.05, 4.69) is 10.3 Å². The third kappa shape index (κ3) is 4.46. The van der Waals surface area contributed by atoms with Gasteiger partial charge in [-0.25, -0.2) is 4.98 Å². The highest BCUT2D eigenvalue weighted by Crippen LogP contribution is 2.16. The minimum atomic E-state index is -0.377. The lowest BCUT2D eigenvalue weighted by Gasteiger charge is -2.32. The van der Waals surface area contributed by atoms with Crippen LogP contribution in [0.5, 0.6) is 0 Å². The van der Waals surface area contributed by atoms with Crippen molar-refractivity contribution in [3.63, 3.8) is 0 Å².